The molecule has 1 fully saturated rings. The molecular formula is C21H19BrN2O5. The van der Waals surface area contributed by atoms with E-state index in [0.29, 0.717) is 27.2 Å². The molecule has 0 unspecified atom stereocenters. The van der Waals surface area contributed by atoms with E-state index in [1.807, 2.05) is 19.1 Å². The van der Waals surface area contributed by atoms with Crippen molar-refractivity contribution in [1.29, 1.82) is 0 Å². The second-order valence-corrected chi connectivity index (χ2v) is 7.34. The highest BCUT2D eigenvalue weighted by Gasteiger charge is 2.37. The summed E-state index contributed by atoms with van der Waals surface area (Å²) in [6.07, 6.45) is 1.41. The minimum absolute atomic E-state index is 0.162. The summed E-state index contributed by atoms with van der Waals surface area (Å²) in [6, 6.07) is 7.97. The van der Waals surface area contributed by atoms with Gasteiger partial charge in [0.1, 0.15) is 5.57 Å². The molecular weight excluding hydrogens is 440 g/mol. The van der Waals surface area contributed by atoms with Gasteiger partial charge in [-0.2, -0.15) is 0 Å². The lowest BCUT2D eigenvalue weighted by molar-refractivity contribution is -0.122. The Bertz CT molecular complexity index is 1060. The summed E-state index contributed by atoms with van der Waals surface area (Å²) < 4.78 is 11.2. The third-order valence-electron chi connectivity index (χ3n) is 4.47. The van der Waals surface area contributed by atoms with E-state index in [-0.39, 0.29) is 5.57 Å². The molecule has 0 aromatic heterocycles. The summed E-state index contributed by atoms with van der Waals surface area (Å²) in [7, 11) is 2.99. The van der Waals surface area contributed by atoms with Gasteiger partial charge >= 0.3 is 6.03 Å². The molecule has 2 aromatic carbocycles. The van der Waals surface area contributed by atoms with Gasteiger partial charge in [-0.1, -0.05) is 12.1 Å². The first-order chi connectivity index (χ1) is 13.8. The molecule has 0 radical (unpaired) electrons. The molecule has 0 spiro atoms. The molecule has 1 heterocycles. The fourth-order valence-electron chi connectivity index (χ4n) is 3.02. The Hall–Kier alpha value is -3.13. The summed E-state index contributed by atoms with van der Waals surface area (Å²) in [5.74, 6) is -0.535. The maximum absolute atomic E-state index is 13.1. The van der Waals surface area contributed by atoms with Crippen molar-refractivity contribution in [1.82, 2.24) is 5.32 Å². The molecule has 8 heteroatoms. The fourth-order valence-corrected chi connectivity index (χ4v) is 3.65. The van der Waals surface area contributed by atoms with Crippen molar-refractivity contribution in [2.45, 2.75) is 13.8 Å². The number of carbonyl (C=O) groups is 3. The zero-order valence-corrected chi connectivity index (χ0v) is 17.9. The molecule has 1 aliphatic rings. The van der Waals surface area contributed by atoms with E-state index in [2.05, 4.69) is 21.2 Å². The molecule has 4 amide bonds. The number of aryl methyl sites for hydroxylation is 2. The molecule has 29 heavy (non-hydrogen) atoms. The van der Waals surface area contributed by atoms with Gasteiger partial charge in [-0.05, 0) is 70.7 Å². The summed E-state index contributed by atoms with van der Waals surface area (Å²) in [4.78, 5) is 38.9. The zero-order valence-electron chi connectivity index (χ0n) is 16.3. The first-order valence-corrected chi connectivity index (χ1v) is 9.46. The third kappa shape index (κ3) is 3.88. The van der Waals surface area contributed by atoms with E-state index < -0.39 is 17.8 Å². The number of amides is 4. The lowest BCUT2D eigenvalue weighted by Gasteiger charge is -2.27. The number of nitrogens with zero attached hydrogens (tertiary/aromatic N) is 1. The lowest BCUT2D eigenvalue weighted by atomic mass is 10.0. The molecule has 1 saturated heterocycles. The van der Waals surface area contributed by atoms with Crippen LogP contribution in [-0.4, -0.2) is 32.1 Å². The molecule has 2 aromatic rings. The number of imide groups is 2. The molecule has 0 atom stereocenters. The number of rotatable bonds is 4. The third-order valence-corrected chi connectivity index (χ3v) is 5.06. The molecule has 0 bridgehead atoms. The molecule has 150 valence electrons. The Morgan fingerprint density at radius 1 is 1.03 bits per heavy atom. The number of benzene rings is 2. The predicted octanol–water partition coefficient (Wildman–Crippen LogP) is 3.75. The van der Waals surface area contributed by atoms with Gasteiger partial charge in [0.15, 0.2) is 11.5 Å². The number of hydrogen-bond acceptors (Lipinski definition) is 5. The quantitative estimate of drug-likeness (QED) is 0.556. The standard InChI is InChI=1S/C21H19BrN2O5/c1-11-5-6-12(2)16(7-11)24-20(26)14(19(25)23-21(24)27)8-13-9-15(22)18(29-4)17(10-13)28-3/h5-10H,1-4H3,(H,23,25,27). The summed E-state index contributed by atoms with van der Waals surface area (Å²) in [5.41, 5.74) is 2.42. The van der Waals surface area contributed by atoms with Crippen LogP contribution in [-0.2, 0) is 9.59 Å². The van der Waals surface area contributed by atoms with Crippen LogP contribution in [0.15, 0.2) is 40.4 Å². The van der Waals surface area contributed by atoms with Gasteiger partial charge in [0.05, 0.1) is 24.4 Å². The second kappa shape index (κ2) is 8.08. The topological polar surface area (TPSA) is 84.9 Å². The van der Waals surface area contributed by atoms with Crippen LogP contribution in [0.25, 0.3) is 6.08 Å². The van der Waals surface area contributed by atoms with Crippen LogP contribution in [0.2, 0.25) is 0 Å². The number of halogens is 1. The van der Waals surface area contributed by atoms with Crippen LogP contribution in [0, 0.1) is 13.8 Å². The van der Waals surface area contributed by atoms with E-state index in [1.54, 1.807) is 25.1 Å². The number of hydrogen-bond donors (Lipinski definition) is 1. The zero-order chi connectivity index (χ0) is 21.3. The van der Waals surface area contributed by atoms with Crippen LogP contribution in [0.3, 0.4) is 0 Å². The normalized spacial score (nSPS) is 15.6. The fraction of sp³-hybridized carbons (Fsp3) is 0.190. The number of barbiturate groups is 1. The SMILES string of the molecule is COc1cc(C=C2C(=O)NC(=O)N(c3cc(C)ccc3C)C2=O)cc(Br)c1OC. The van der Waals surface area contributed by atoms with Gasteiger partial charge < -0.3 is 9.47 Å². The average molecular weight is 459 g/mol. The number of carbonyl (C=O) groups excluding carboxylic acids is 3. The average Bonchev–Trinajstić information content (AvgIpc) is 2.67. The maximum atomic E-state index is 13.1. The first kappa shape index (κ1) is 20.6. The Balaban J connectivity index is 2.09. The maximum Gasteiger partial charge on any atom is 0.335 e. The van der Waals surface area contributed by atoms with Crippen LogP contribution in [0.5, 0.6) is 11.5 Å². The number of methoxy groups -OCH3 is 2. The first-order valence-electron chi connectivity index (χ1n) is 8.67. The lowest BCUT2D eigenvalue weighted by Crippen LogP contribution is -2.54. The largest absolute Gasteiger partial charge is 0.493 e. The molecule has 3 rings (SSSR count). The summed E-state index contributed by atoms with van der Waals surface area (Å²) in [6.45, 7) is 3.65. The van der Waals surface area contributed by atoms with Gasteiger partial charge in [-0.15, -0.1) is 0 Å². The minimum Gasteiger partial charge on any atom is -0.493 e. The van der Waals surface area contributed by atoms with Crippen molar-refractivity contribution < 1.29 is 23.9 Å². The van der Waals surface area contributed by atoms with Gasteiger partial charge in [-0.3, -0.25) is 14.9 Å². The van der Waals surface area contributed by atoms with Crippen molar-refractivity contribution in [3.8, 4) is 11.5 Å². The Morgan fingerprint density at radius 2 is 1.76 bits per heavy atom. The van der Waals surface area contributed by atoms with E-state index >= 15 is 0 Å². The number of ether oxygens (including phenoxy) is 2. The van der Waals surface area contributed by atoms with E-state index in [1.165, 1.54) is 20.3 Å². The summed E-state index contributed by atoms with van der Waals surface area (Å²) >= 11 is 3.39. The van der Waals surface area contributed by atoms with E-state index in [9.17, 15) is 14.4 Å². The Kier molecular flexibility index (Phi) is 5.74. The Labute approximate surface area is 176 Å². The van der Waals surface area contributed by atoms with Crippen molar-refractivity contribution in [3.05, 3.63) is 57.1 Å². The van der Waals surface area contributed by atoms with E-state index in [4.69, 9.17) is 9.47 Å². The van der Waals surface area contributed by atoms with Gasteiger partial charge in [0.2, 0.25) is 0 Å². The van der Waals surface area contributed by atoms with Gasteiger partial charge in [-0.25, -0.2) is 9.69 Å². The molecule has 1 N–H and O–H groups in total. The monoisotopic (exact) mass is 458 g/mol. The second-order valence-electron chi connectivity index (χ2n) is 6.49. The van der Waals surface area contributed by atoms with Crippen LogP contribution in [0.4, 0.5) is 10.5 Å². The van der Waals surface area contributed by atoms with Crippen LogP contribution < -0.4 is 19.7 Å². The van der Waals surface area contributed by atoms with Crippen LogP contribution >= 0.6 is 15.9 Å². The summed E-state index contributed by atoms with van der Waals surface area (Å²) in [5, 5.41) is 2.23. The highest BCUT2D eigenvalue weighted by molar-refractivity contribution is 9.10. The van der Waals surface area contributed by atoms with Gasteiger partial charge in [0, 0.05) is 0 Å². The van der Waals surface area contributed by atoms with Crippen molar-refractivity contribution >= 4 is 45.5 Å². The van der Waals surface area contributed by atoms with Crippen molar-refractivity contribution in [2.75, 3.05) is 19.1 Å². The predicted molar refractivity (Wildman–Crippen MR) is 112 cm³/mol. The van der Waals surface area contributed by atoms with Gasteiger partial charge in [0.25, 0.3) is 11.8 Å². The molecule has 0 aliphatic carbocycles. The Morgan fingerprint density at radius 3 is 2.41 bits per heavy atom. The molecule has 7 nitrogen and oxygen atoms in total. The number of urea groups is 1. The number of anilines is 1. The van der Waals surface area contributed by atoms with Crippen molar-refractivity contribution in [2.24, 2.45) is 0 Å². The smallest absolute Gasteiger partial charge is 0.335 e. The highest BCUT2D eigenvalue weighted by atomic mass is 79.9. The van der Waals surface area contributed by atoms with E-state index in [0.717, 1.165) is 16.0 Å². The highest BCUT2D eigenvalue weighted by Crippen LogP contribution is 2.37. The van der Waals surface area contributed by atoms with Crippen molar-refractivity contribution in [3.63, 3.8) is 0 Å². The number of nitrogens with one attached hydrogen (secondary N) is 1. The van der Waals surface area contributed by atoms with Crippen LogP contribution in [0.1, 0.15) is 16.7 Å². The molecule has 0 saturated carbocycles. The minimum atomic E-state index is -0.778. The molecule has 1 aliphatic heterocycles.